The molecule has 0 fully saturated rings. The number of allylic oxidation sites excluding steroid dienone is 2. The number of nitrogens with zero attached hydrogens (tertiary/aromatic N) is 3. The number of hydrogen-bond donors (Lipinski definition) is 1. The number of amides is 1. The van der Waals surface area contributed by atoms with Crippen molar-refractivity contribution < 1.29 is 14.4 Å². The van der Waals surface area contributed by atoms with Gasteiger partial charge in [0.05, 0.1) is 13.2 Å². The van der Waals surface area contributed by atoms with Crippen molar-refractivity contribution in [2.24, 2.45) is 10.4 Å². The van der Waals surface area contributed by atoms with Crippen LogP contribution in [0, 0.1) is 5.41 Å². The maximum atomic E-state index is 13.6. The number of carbonyl (C=O) groups is 2. The van der Waals surface area contributed by atoms with Crippen LogP contribution in [0.1, 0.15) is 13.8 Å². The summed E-state index contributed by atoms with van der Waals surface area (Å²) in [6.45, 7) is 3.60. The summed E-state index contributed by atoms with van der Waals surface area (Å²) in [7, 11) is 2.92. The zero-order chi connectivity index (χ0) is 22.9. The topological polar surface area (TPSA) is 74.2 Å². The van der Waals surface area contributed by atoms with E-state index >= 15 is 0 Å². The number of hydrogen-bond acceptors (Lipinski definition) is 6. The molecule has 2 unspecified atom stereocenters. The molecular weight excluding hydrogens is 404 g/mol. The third-order valence-corrected chi connectivity index (χ3v) is 5.93. The van der Waals surface area contributed by atoms with Gasteiger partial charge in [0.2, 0.25) is 0 Å². The fourth-order valence-electron chi connectivity index (χ4n) is 4.11. The van der Waals surface area contributed by atoms with Crippen LogP contribution in [0.4, 0.5) is 11.4 Å². The van der Waals surface area contributed by atoms with Crippen LogP contribution in [0.25, 0.3) is 0 Å². The van der Waals surface area contributed by atoms with E-state index in [1.54, 1.807) is 13.0 Å². The van der Waals surface area contributed by atoms with E-state index in [0.29, 0.717) is 11.5 Å². The highest BCUT2D eigenvalue weighted by atomic mass is 16.7. The summed E-state index contributed by atoms with van der Waals surface area (Å²) in [4.78, 5) is 38.4. The first-order valence-electron chi connectivity index (χ1n) is 10.4. The molecule has 2 atom stereocenters. The molecule has 2 aromatic rings. The predicted octanol–water partition coefficient (Wildman–Crippen LogP) is 3.78. The second-order valence-corrected chi connectivity index (χ2v) is 7.99. The third-order valence-electron chi connectivity index (χ3n) is 5.93. The van der Waals surface area contributed by atoms with E-state index in [4.69, 9.17) is 4.84 Å². The molecule has 0 saturated carbocycles. The van der Waals surface area contributed by atoms with Gasteiger partial charge in [-0.3, -0.25) is 19.4 Å². The standard InChI is InChI=1S/C25H26N4O3/c1-17-15-20-25(2,23(26-17)24(31)28(3)32-4)21(30)16-22(27-18-11-7-5-8-12-18)29(20)19-13-9-6-10-14-19/h5-16,20,27H,1-4H3. The van der Waals surface area contributed by atoms with Gasteiger partial charge >= 0.3 is 0 Å². The van der Waals surface area contributed by atoms with Crippen LogP contribution < -0.4 is 10.2 Å². The van der Waals surface area contributed by atoms with Crippen LogP contribution in [0.3, 0.4) is 0 Å². The van der Waals surface area contributed by atoms with E-state index in [2.05, 4.69) is 10.3 Å². The second-order valence-electron chi connectivity index (χ2n) is 7.99. The lowest BCUT2D eigenvalue weighted by atomic mass is 9.69. The van der Waals surface area contributed by atoms with Crippen LogP contribution in [0.5, 0.6) is 0 Å². The molecule has 7 heteroatoms. The monoisotopic (exact) mass is 430 g/mol. The number of para-hydroxylation sites is 2. The molecule has 1 N–H and O–H groups in total. The van der Waals surface area contributed by atoms with Crippen LogP contribution >= 0.6 is 0 Å². The fourth-order valence-corrected chi connectivity index (χ4v) is 4.11. The minimum absolute atomic E-state index is 0.160. The molecule has 2 heterocycles. The van der Waals surface area contributed by atoms with Gasteiger partial charge in [-0.2, -0.15) is 0 Å². The van der Waals surface area contributed by atoms with Crippen LogP contribution in [0.15, 0.2) is 89.3 Å². The van der Waals surface area contributed by atoms with Gasteiger partial charge < -0.3 is 10.2 Å². The number of anilines is 2. The zero-order valence-electron chi connectivity index (χ0n) is 18.6. The first kappa shape index (κ1) is 21.5. The highest BCUT2D eigenvalue weighted by Crippen LogP contribution is 2.43. The highest BCUT2D eigenvalue weighted by Gasteiger charge is 2.54. The van der Waals surface area contributed by atoms with Gasteiger partial charge in [0.1, 0.15) is 16.9 Å². The lowest BCUT2D eigenvalue weighted by Crippen LogP contribution is -2.61. The van der Waals surface area contributed by atoms with Gasteiger partial charge in [-0.1, -0.05) is 36.4 Å². The lowest BCUT2D eigenvalue weighted by molar-refractivity contribution is -0.161. The minimum atomic E-state index is -1.19. The Morgan fingerprint density at radius 3 is 2.38 bits per heavy atom. The largest absolute Gasteiger partial charge is 0.342 e. The molecule has 0 bridgehead atoms. The van der Waals surface area contributed by atoms with Gasteiger partial charge in [0.15, 0.2) is 5.78 Å². The average molecular weight is 431 g/mol. The summed E-state index contributed by atoms with van der Waals surface area (Å²) in [5, 5.41) is 4.48. The summed E-state index contributed by atoms with van der Waals surface area (Å²) in [6.07, 6.45) is 3.49. The van der Waals surface area contributed by atoms with Gasteiger partial charge in [0.25, 0.3) is 5.91 Å². The molecular formula is C25H26N4O3. The Balaban J connectivity index is 1.88. The molecule has 164 valence electrons. The van der Waals surface area contributed by atoms with Crippen LogP contribution in [-0.2, 0) is 14.4 Å². The van der Waals surface area contributed by atoms with Gasteiger partial charge in [-0.05, 0) is 44.2 Å². The fraction of sp³-hybridized carbons (Fsp3) is 0.240. The van der Waals surface area contributed by atoms with Crippen molar-refractivity contribution in [1.29, 1.82) is 0 Å². The first-order chi connectivity index (χ1) is 15.4. The molecule has 32 heavy (non-hydrogen) atoms. The third kappa shape index (κ3) is 3.61. The smallest absolute Gasteiger partial charge is 0.292 e. The number of benzene rings is 2. The summed E-state index contributed by atoms with van der Waals surface area (Å²) in [5.74, 6) is -0.0112. The predicted molar refractivity (Wildman–Crippen MR) is 125 cm³/mol. The summed E-state index contributed by atoms with van der Waals surface area (Å²) < 4.78 is 0. The molecule has 0 radical (unpaired) electrons. The molecule has 0 aromatic heterocycles. The van der Waals surface area contributed by atoms with E-state index in [1.807, 2.05) is 78.6 Å². The number of rotatable bonds is 5. The maximum absolute atomic E-state index is 13.6. The van der Waals surface area contributed by atoms with Crippen molar-refractivity contribution in [3.05, 3.63) is 84.3 Å². The number of nitrogens with one attached hydrogen (secondary N) is 1. The molecule has 0 spiro atoms. The maximum Gasteiger partial charge on any atom is 0.292 e. The Hall–Kier alpha value is -3.71. The van der Waals surface area contributed by atoms with E-state index in [9.17, 15) is 9.59 Å². The van der Waals surface area contributed by atoms with Crippen molar-refractivity contribution in [1.82, 2.24) is 5.06 Å². The molecule has 4 rings (SSSR count). The Morgan fingerprint density at radius 1 is 1.12 bits per heavy atom. The summed E-state index contributed by atoms with van der Waals surface area (Å²) >= 11 is 0. The SMILES string of the molecule is CON(C)C(=O)C1=NC(C)=CC2N(c3ccccc3)C(Nc3ccccc3)=CC(=O)C12C. The van der Waals surface area contributed by atoms with E-state index in [0.717, 1.165) is 16.4 Å². The van der Waals surface area contributed by atoms with Gasteiger partial charge in [-0.25, -0.2) is 5.06 Å². The second kappa shape index (κ2) is 8.43. The average Bonchev–Trinajstić information content (AvgIpc) is 2.80. The summed E-state index contributed by atoms with van der Waals surface area (Å²) in [5.41, 5.74) is 1.38. The van der Waals surface area contributed by atoms with E-state index in [-0.39, 0.29) is 11.5 Å². The van der Waals surface area contributed by atoms with Gasteiger partial charge in [-0.15, -0.1) is 0 Å². The Labute approximate surface area is 187 Å². The molecule has 2 aliphatic rings. The minimum Gasteiger partial charge on any atom is -0.342 e. The Bertz CT molecular complexity index is 1120. The molecule has 2 aromatic carbocycles. The number of ketones is 1. The van der Waals surface area contributed by atoms with Crippen molar-refractivity contribution in [2.45, 2.75) is 19.9 Å². The number of carbonyl (C=O) groups excluding carboxylic acids is 2. The van der Waals surface area contributed by atoms with Crippen LogP contribution in [0.2, 0.25) is 0 Å². The first-order valence-corrected chi connectivity index (χ1v) is 10.4. The molecule has 0 saturated heterocycles. The van der Waals surface area contributed by atoms with Crippen molar-refractivity contribution >= 4 is 28.8 Å². The quantitative estimate of drug-likeness (QED) is 0.731. The van der Waals surface area contributed by atoms with E-state index < -0.39 is 17.4 Å². The Morgan fingerprint density at radius 2 is 1.75 bits per heavy atom. The normalized spacial score (nSPS) is 22.4. The van der Waals surface area contributed by atoms with Crippen molar-refractivity contribution in [3.63, 3.8) is 0 Å². The van der Waals surface area contributed by atoms with Crippen molar-refractivity contribution in [2.75, 3.05) is 24.4 Å². The van der Waals surface area contributed by atoms with Crippen LogP contribution in [-0.4, -0.2) is 42.7 Å². The Kier molecular flexibility index (Phi) is 5.67. The zero-order valence-corrected chi connectivity index (χ0v) is 18.6. The van der Waals surface area contributed by atoms with Crippen molar-refractivity contribution in [3.8, 4) is 0 Å². The molecule has 2 aliphatic heterocycles. The highest BCUT2D eigenvalue weighted by molar-refractivity contribution is 6.46. The molecule has 0 aliphatic carbocycles. The number of fused-ring (bicyclic) bond motifs is 1. The number of aliphatic imine (C=N–C) groups is 1. The summed E-state index contributed by atoms with van der Waals surface area (Å²) in [6, 6.07) is 19.0. The molecule has 1 amide bonds. The van der Waals surface area contributed by atoms with E-state index in [1.165, 1.54) is 14.2 Å². The van der Waals surface area contributed by atoms with Gasteiger partial charge in [0, 0.05) is 30.2 Å². The lowest BCUT2D eigenvalue weighted by Gasteiger charge is -2.48. The molecule has 7 nitrogen and oxygen atoms in total. The number of hydroxylamine groups is 2.